The highest BCUT2D eigenvalue weighted by Gasteiger charge is 2.44. The second-order valence-corrected chi connectivity index (χ2v) is 7.64. The number of carboxylic acids is 1. The molecule has 1 aliphatic heterocycles. The van der Waals surface area contributed by atoms with E-state index < -0.39 is 12.0 Å². The lowest BCUT2D eigenvalue weighted by atomic mass is 9.97. The Morgan fingerprint density at radius 3 is 2.77 bits per heavy atom. The van der Waals surface area contributed by atoms with E-state index in [4.69, 9.17) is 0 Å². The van der Waals surface area contributed by atoms with E-state index in [2.05, 4.69) is 6.92 Å². The molecule has 1 saturated heterocycles. The van der Waals surface area contributed by atoms with Crippen molar-refractivity contribution in [2.24, 2.45) is 5.92 Å². The van der Waals surface area contributed by atoms with Crippen molar-refractivity contribution in [3.05, 3.63) is 22.4 Å². The van der Waals surface area contributed by atoms with Crippen LogP contribution in [0, 0.1) is 5.92 Å². The van der Waals surface area contributed by atoms with Crippen LogP contribution in [0.25, 0.3) is 0 Å². The molecule has 0 spiro atoms. The minimum absolute atomic E-state index is 0.00625. The van der Waals surface area contributed by atoms with Gasteiger partial charge in [0.25, 0.3) is 0 Å². The smallest absolute Gasteiger partial charge is 0.327 e. The van der Waals surface area contributed by atoms with Crippen molar-refractivity contribution in [1.82, 2.24) is 4.90 Å². The topological polar surface area (TPSA) is 57.6 Å². The number of carbonyl (C=O) groups excluding carboxylic acids is 1. The predicted octanol–water partition coefficient (Wildman–Crippen LogP) is 3.99. The van der Waals surface area contributed by atoms with Crippen molar-refractivity contribution in [3.8, 4) is 0 Å². The van der Waals surface area contributed by atoms with Crippen molar-refractivity contribution < 1.29 is 14.7 Å². The number of aliphatic carboxylic acids is 1. The number of unbranched alkanes of at least 4 members (excludes halogenated alkanes) is 1. The lowest BCUT2D eigenvalue weighted by molar-refractivity contribution is -0.151. The molecule has 6 heteroatoms. The SMILES string of the molecule is CCCCC(CC)C(=O)N1C(C(=O)O)CSC1c1cccs1. The molecule has 1 aromatic heterocycles. The molecule has 4 nitrogen and oxygen atoms in total. The lowest BCUT2D eigenvalue weighted by Crippen LogP contribution is -2.45. The predicted molar refractivity (Wildman–Crippen MR) is 91.1 cm³/mol. The average Bonchev–Trinajstić information content (AvgIpc) is 3.16. The van der Waals surface area contributed by atoms with Crippen LogP contribution < -0.4 is 0 Å². The van der Waals surface area contributed by atoms with Gasteiger partial charge in [0.15, 0.2) is 0 Å². The molecule has 0 aromatic carbocycles. The Bertz CT molecular complexity index is 503. The van der Waals surface area contributed by atoms with E-state index in [-0.39, 0.29) is 17.2 Å². The van der Waals surface area contributed by atoms with Crippen molar-refractivity contribution in [2.45, 2.75) is 50.9 Å². The van der Waals surface area contributed by atoms with Gasteiger partial charge in [-0.25, -0.2) is 4.79 Å². The van der Waals surface area contributed by atoms with E-state index in [1.54, 1.807) is 28.0 Å². The number of carboxylic acid groups (broad SMARTS) is 1. The monoisotopic (exact) mass is 341 g/mol. The number of rotatable bonds is 7. The Balaban J connectivity index is 2.23. The Hall–Kier alpha value is -1.01. The molecule has 122 valence electrons. The van der Waals surface area contributed by atoms with Crippen LogP contribution in [0.4, 0.5) is 0 Å². The summed E-state index contributed by atoms with van der Waals surface area (Å²) in [6.07, 6.45) is 3.67. The highest BCUT2D eigenvalue weighted by atomic mass is 32.2. The van der Waals surface area contributed by atoms with E-state index in [0.29, 0.717) is 5.75 Å². The maximum Gasteiger partial charge on any atom is 0.327 e. The maximum atomic E-state index is 13.0. The van der Waals surface area contributed by atoms with Crippen molar-refractivity contribution >= 4 is 35.0 Å². The van der Waals surface area contributed by atoms with E-state index in [1.165, 1.54) is 0 Å². The Kier molecular flexibility index (Phi) is 6.32. The summed E-state index contributed by atoms with van der Waals surface area (Å²) in [6, 6.07) is 3.23. The van der Waals surface area contributed by atoms with Gasteiger partial charge in [0, 0.05) is 16.5 Å². The minimum atomic E-state index is -0.898. The summed E-state index contributed by atoms with van der Waals surface area (Å²) in [7, 11) is 0. The first-order chi connectivity index (χ1) is 10.6. The molecule has 2 heterocycles. The van der Waals surface area contributed by atoms with Crippen LogP contribution in [0.1, 0.15) is 49.8 Å². The highest BCUT2D eigenvalue weighted by molar-refractivity contribution is 7.99. The Labute approximate surface area is 139 Å². The van der Waals surface area contributed by atoms with E-state index in [0.717, 1.165) is 30.6 Å². The molecule has 3 unspecified atom stereocenters. The molecule has 0 radical (unpaired) electrons. The molecule has 22 heavy (non-hydrogen) atoms. The molecule has 3 atom stereocenters. The molecule has 0 saturated carbocycles. The first kappa shape index (κ1) is 17.3. The molecule has 0 aliphatic carbocycles. The van der Waals surface area contributed by atoms with Crippen LogP contribution in [0.15, 0.2) is 17.5 Å². The van der Waals surface area contributed by atoms with Crippen LogP contribution >= 0.6 is 23.1 Å². The van der Waals surface area contributed by atoms with Gasteiger partial charge in [0.2, 0.25) is 5.91 Å². The van der Waals surface area contributed by atoms with Gasteiger partial charge in [-0.2, -0.15) is 0 Å². The second-order valence-electron chi connectivity index (χ2n) is 5.55. The van der Waals surface area contributed by atoms with Crippen LogP contribution in [-0.4, -0.2) is 33.7 Å². The minimum Gasteiger partial charge on any atom is -0.480 e. The van der Waals surface area contributed by atoms with Gasteiger partial charge >= 0.3 is 5.97 Å². The summed E-state index contributed by atoms with van der Waals surface area (Å²) in [6.45, 7) is 4.12. The van der Waals surface area contributed by atoms with Gasteiger partial charge in [0.1, 0.15) is 11.4 Å². The summed E-state index contributed by atoms with van der Waals surface area (Å²) in [4.78, 5) is 27.2. The maximum absolute atomic E-state index is 13.0. The Morgan fingerprint density at radius 2 is 2.23 bits per heavy atom. The second kappa shape index (κ2) is 8.02. The number of thioether (sulfide) groups is 1. The average molecular weight is 341 g/mol. The zero-order valence-corrected chi connectivity index (χ0v) is 14.7. The van der Waals surface area contributed by atoms with Gasteiger partial charge in [-0.1, -0.05) is 32.8 Å². The molecule has 1 aliphatic rings. The third kappa shape index (κ3) is 3.66. The van der Waals surface area contributed by atoms with Crippen LogP contribution in [-0.2, 0) is 9.59 Å². The van der Waals surface area contributed by atoms with E-state index in [9.17, 15) is 14.7 Å². The van der Waals surface area contributed by atoms with Crippen LogP contribution in [0.2, 0.25) is 0 Å². The molecule has 1 aromatic rings. The van der Waals surface area contributed by atoms with Crippen LogP contribution in [0.3, 0.4) is 0 Å². The summed E-state index contributed by atoms with van der Waals surface area (Å²) in [5.41, 5.74) is 0. The van der Waals surface area contributed by atoms with E-state index in [1.807, 2.05) is 24.4 Å². The normalized spacial score (nSPS) is 22.7. The van der Waals surface area contributed by atoms with Gasteiger partial charge in [-0.05, 0) is 24.3 Å². The fourth-order valence-electron chi connectivity index (χ4n) is 2.78. The van der Waals surface area contributed by atoms with Crippen LogP contribution in [0.5, 0.6) is 0 Å². The standard InChI is InChI=1S/C16H23NO3S2/c1-3-5-7-11(4-2)14(18)17-12(16(19)20)10-22-15(17)13-8-6-9-21-13/h6,8-9,11-12,15H,3-5,7,10H2,1-2H3,(H,19,20). The third-order valence-corrected chi connectivity index (χ3v) is 6.45. The van der Waals surface area contributed by atoms with Gasteiger partial charge in [-0.3, -0.25) is 4.79 Å². The quantitative estimate of drug-likeness (QED) is 0.814. The third-order valence-electron chi connectivity index (χ3n) is 4.07. The molecule has 2 rings (SSSR count). The van der Waals surface area contributed by atoms with Gasteiger partial charge in [-0.15, -0.1) is 23.1 Å². The summed E-state index contributed by atoms with van der Waals surface area (Å²) >= 11 is 3.14. The number of hydrogen-bond acceptors (Lipinski definition) is 4. The lowest BCUT2D eigenvalue weighted by Gasteiger charge is -2.30. The first-order valence-electron chi connectivity index (χ1n) is 7.80. The van der Waals surface area contributed by atoms with Crippen molar-refractivity contribution in [1.29, 1.82) is 0 Å². The molecule has 1 fully saturated rings. The molecule has 1 amide bonds. The number of nitrogens with zero attached hydrogens (tertiary/aromatic N) is 1. The molecular weight excluding hydrogens is 318 g/mol. The summed E-state index contributed by atoms with van der Waals surface area (Å²) in [5, 5.41) is 11.3. The number of hydrogen-bond donors (Lipinski definition) is 1. The van der Waals surface area contributed by atoms with Crippen molar-refractivity contribution in [3.63, 3.8) is 0 Å². The largest absolute Gasteiger partial charge is 0.480 e. The fraction of sp³-hybridized carbons (Fsp3) is 0.625. The number of thiophene rings is 1. The molecule has 1 N–H and O–H groups in total. The zero-order chi connectivity index (χ0) is 16.1. The van der Waals surface area contributed by atoms with Gasteiger partial charge in [0.05, 0.1) is 0 Å². The number of carbonyl (C=O) groups is 2. The molecular formula is C16H23NO3S2. The van der Waals surface area contributed by atoms with Gasteiger partial charge < -0.3 is 10.0 Å². The fourth-order valence-corrected chi connectivity index (χ4v) is 5.17. The summed E-state index contributed by atoms with van der Waals surface area (Å²) < 4.78 is 0. The highest BCUT2D eigenvalue weighted by Crippen LogP contribution is 2.44. The zero-order valence-electron chi connectivity index (χ0n) is 13.0. The summed E-state index contributed by atoms with van der Waals surface area (Å²) in [5.74, 6) is -0.492. The number of amides is 1. The molecule has 0 bridgehead atoms. The van der Waals surface area contributed by atoms with E-state index >= 15 is 0 Å². The first-order valence-corrected chi connectivity index (χ1v) is 9.72. The Morgan fingerprint density at radius 1 is 1.45 bits per heavy atom. The van der Waals surface area contributed by atoms with Crippen molar-refractivity contribution in [2.75, 3.05) is 5.75 Å².